The number of para-hydroxylation sites is 3. The van der Waals surface area contributed by atoms with Gasteiger partial charge in [0, 0.05) is 12.5 Å². The van der Waals surface area contributed by atoms with Crippen LogP contribution in [-0.2, 0) is 9.59 Å². The Morgan fingerprint density at radius 2 is 1.96 bits per heavy atom. The number of rotatable bonds is 4. The van der Waals surface area contributed by atoms with Crippen LogP contribution in [0.4, 0.5) is 11.4 Å². The summed E-state index contributed by atoms with van der Waals surface area (Å²) < 4.78 is 5.55. The van der Waals surface area contributed by atoms with Crippen LogP contribution >= 0.6 is 0 Å². The summed E-state index contributed by atoms with van der Waals surface area (Å²) in [5.74, 6) is -0.0598. The lowest BCUT2D eigenvalue weighted by Crippen LogP contribution is -2.41. The SMILES string of the molecule is C[C@@H]1CC(=O)Nc2ccccc2N1C(=O)COc1ccccc1C=O. The summed E-state index contributed by atoms with van der Waals surface area (Å²) in [6.45, 7) is 1.59. The summed E-state index contributed by atoms with van der Waals surface area (Å²) in [5.41, 5.74) is 1.62. The molecule has 0 saturated carbocycles. The van der Waals surface area contributed by atoms with Gasteiger partial charge in [-0.05, 0) is 31.2 Å². The van der Waals surface area contributed by atoms with Crippen molar-refractivity contribution >= 4 is 29.5 Å². The molecule has 0 saturated heterocycles. The van der Waals surface area contributed by atoms with Gasteiger partial charge in [-0.1, -0.05) is 24.3 Å². The van der Waals surface area contributed by atoms with Crippen LogP contribution in [0.2, 0.25) is 0 Å². The lowest BCUT2D eigenvalue weighted by atomic mass is 10.1. The van der Waals surface area contributed by atoms with Gasteiger partial charge in [-0.15, -0.1) is 0 Å². The number of nitrogens with zero attached hydrogens (tertiary/aromatic N) is 1. The molecule has 0 radical (unpaired) electrons. The van der Waals surface area contributed by atoms with Crippen LogP contribution in [0.1, 0.15) is 23.7 Å². The molecule has 1 heterocycles. The van der Waals surface area contributed by atoms with E-state index in [2.05, 4.69) is 5.32 Å². The van der Waals surface area contributed by atoms with Gasteiger partial charge >= 0.3 is 0 Å². The Hall–Kier alpha value is -3.15. The maximum Gasteiger partial charge on any atom is 0.265 e. The fraction of sp³-hybridized carbons (Fsp3) is 0.211. The van der Waals surface area contributed by atoms with Gasteiger partial charge in [0.15, 0.2) is 12.9 Å². The normalized spacial score (nSPS) is 16.4. The van der Waals surface area contributed by atoms with Crippen molar-refractivity contribution in [2.75, 3.05) is 16.8 Å². The molecule has 2 aromatic carbocycles. The number of fused-ring (bicyclic) bond motifs is 1. The molecule has 128 valence electrons. The molecule has 25 heavy (non-hydrogen) atoms. The van der Waals surface area contributed by atoms with E-state index < -0.39 is 0 Å². The molecule has 0 bridgehead atoms. The van der Waals surface area contributed by atoms with Crippen molar-refractivity contribution in [1.29, 1.82) is 0 Å². The van der Waals surface area contributed by atoms with E-state index in [4.69, 9.17) is 4.74 Å². The van der Waals surface area contributed by atoms with Crippen LogP contribution in [-0.4, -0.2) is 30.7 Å². The summed E-state index contributed by atoms with van der Waals surface area (Å²) in [7, 11) is 0. The smallest absolute Gasteiger partial charge is 0.265 e. The summed E-state index contributed by atoms with van der Waals surface area (Å²) in [6.07, 6.45) is 0.887. The zero-order valence-electron chi connectivity index (χ0n) is 13.8. The topological polar surface area (TPSA) is 75.7 Å². The van der Waals surface area contributed by atoms with Gasteiger partial charge in [-0.25, -0.2) is 0 Å². The third kappa shape index (κ3) is 3.52. The highest BCUT2D eigenvalue weighted by Gasteiger charge is 2.29. The zero-order valence-corrected chi connectivity index (χ0v) is 13.8. The van der Waals surface area contributed by atoms with Gasteiger partial charge in [0.2, 0.25) is 5.91 Å². The first-order valence-electron chi connectivity index (χ1n) is 7.98. The van der Waals surface area contributed by atoms with Crippen LogP contribution in [0.25, 0.3) is 0 Å². The zero-order chi connectivity index (χ0) is 17.8. The molecular formula is C19H18N2O4. The molecule has 1 aliphatic heterocycles. The minimum absolute atomic E-state index is 0.137. The number of carbonyl (C=O) groups is 3. The molecular weight excluding hydrogens is 320 g/mol. The molecule has 0 aromatic heterocycles. The Bertz CT molecular complexity index is 819. The highest BCUT2D eigenvalue weighted by molar-refractivity contribution is 6.04. The Labute approximate surface area is 145 Å². The first-order valence-corrected chi connectivity index (χ1v) is 7.98. The van der Waals surface area contributed by atoms with E-state index in [9.17, 15) is 14.4 Å². The lowest BCUT2D eigenvalue weighted by molar-refractivity contribution is -0.121. The average Bonchev–Trinajstić information content (AvgIpc) is 2.74. The molecule has 6 heteroatoms. The second-order valence-electron chi connectivity index (χ2n) is 5.83. The van der Waals surface area contributed by atoms with Crippen molar-refractivity contribution in [1.82, 2.24) is 0 Å². The van der Waals surface area contributed by atoms with Crippen molar-refractivity contribution in [3.05, 3.63) is 54.1 Å². The van der Waals surface area contributed by atoms with E-state index in [1.54, 1.807) is 47.4 Å². The summed E-state index contributed by atoms with van der Waals surface area (Å²) >= 11 is 0. The number of ether oxygens (including phenoxy) is 1. The number of carbonyl (C=O) groups excluding carboxylic acids is 3. The van der Waals surface area contributed by atoms with Crippen LogP contribution < -0.4 is 15.0 Å². The van der Waals surface area contributed by atoms with E-state index in [0.717, 1.165) is 0 Å². The largest absolute Gasteiger partial charge is 0.483 e. The fourth-order valence-electron chi connectivity index (χ4n) is 2.89. The Morgan fingerprint density at radius 1 is 1.24 bits per heavy atom. The quantitative estimate of drug-likeness (QED) is 0.870. The first kappa shape index (κ1) is 16.7. The molecule has 2 aromatic rings. The van der Waals surface area contributed by atoms with E-state index in [-0.39, 0.29) is 30.9 Å². The Morgan fingerprint density at radius 3 is 2.76 bits per heavy atom. The number of nitrogens with one attached hydrogen (secondary N) is 1. The minimum Gasteiger partial charge on any atom is -0.483 e. The van der Waals surface area contributed by atoms with Gasteiger partial charge in [-0.2, -0.15) is 0 Å². The molecule has 1 N–H and O–H groups in total. The van der Waals surface area contributed by atoms with E-state index in [0.29, 0.717) is 29.0 Å². The molecule has 2 amide bonds. The lowest BCUT2D eigenvalue weighted by Gasteiger charge is -2.27. The standard InChI is InChI=1S/C19H18N2O4/c1-13-10-18(23)20-15-7-3-4-8-16(15)21(13)19(24)12-25-17-9-5-2-6-14(17)11-22/h2-9,11,13H,10,12H2,1H3,(H,20,23)/t13-/m1/s1. The Balaban J connectivity index is 1.83. The van der Waals surface area contributed by atoms with Gasteiger partial charge in [0.25, 0.3) is 5.91 Å². The number of anilines is 2. The molecule has 6 nitrogen and oxygen atoms in total. The van der Waals surface area contributed by atoms with Gasteiger partial charge in [-0.3, -0.25) is 14.4 Å². The molecule has 1 aliphatic rings. The summed E-state index contributed by atoms with van der Waals surface area (Å²) in [5, 5.41) is 2.81. The first-order chi connectivity index (χ1) is 12.1. The number of benzene rings is 2. The predicted molar refractivity (Wildman–Crippen MR) is 94.0 cm³/mol. The van der Waals surface area contributed by atoms with Crippen LogP contribution in [0.5, 0.6) is 5.75 Å². The number of hydrogen-bond donors (Lipinski definition) is 1. The fourth-order valence-corrected chi connectivity index (χ4v) is 2.89. The maximum atomic E-state index is 12.8. The van der Waals surface area contributed by atoms with Crippen LogP contribution in [0.15, 0.2) is 48.5 Å². The van der Waals surface area contributed by atoms with Gasteiger partial charge in [0.05, 0.1) is 16.9 Å². The van der Waals surface area contributed by atoms with Crippen molar-refractivity contribution in [3.63, 3.8) is 0 Å². The number of amides is 2. The van der Waals surface area contributed by atoms with Crippen molar-refractivity contribution in [3.8, 4) is 5.75 Å². The molecule has 0 unspecified atom stereocenters. The minimum atomic E-state index is -0.305. The summed E-state index contributed by atoms with van der Waals surface area (Å²) in [6, 6.07) is 13.6. The molecule has 1 atom stereocenters. The van der Waals surface area contributed by atoms with Crippen LogP contribution in [0.3, 0.4) is 0 Å². The predicted octanol–water partition coefficient (Wildman–Crippen LogP) is 2.64. The highest BCUT2D eigenvalue weighted by atomic mass is 16.5. The monoisotopic (exact) mass is 338 g/mol. The van der Waals surface area contributed by atoms with Crippen molar-refractivity contribution < 1.29 is 19.1 Å². The van der Waals surface area contributed by atoms with Gasteiger partial charge in [0.1, 0.15) is 5.75 Å². The molecule has 3 rings (SSSR count). The molecule has 0 aliphatic carbocycles. The Kier molecular flexibility index (Phi) is 4.79. The third-order valence-corrected chi connectivity index (χ3v) is 4.03. The highest BCUT2D eigenvalue weighted by Crippen LogP contribution is 2.31. The maximum absolute atomic E-state index is 12.8. The van der Waals surface area contributed by atoms with Crippen molar-refractivity contribution in [2.24, 2.45) is 0 Å². The number of aldehydes is 1. The second kappa shape index (κ2) is 7.17. The second-order valence-corrected chi connectivity index (χ2v) is 5.83. The van der Waals surface area contributed by atoms with Crippen molar-refractivity contribution in [2.45, 2.75) is 19.4 Å². The van der Waals surface area contributed by atoms with E-state index >= 15 is 0 Å². The number of hydrogen-bond acceptors (Lipinski definition) is 4. The van der Waals surface area contributed by atoms with E-state index in [1.165, 1.54) is 0 Å². The summed E-state index contributed by atoms with van der Waals surface area (Å²) in [4.78, 5) is 37.4. The molecule has 0 fully saturated rings. The van der Waals surface area contributed by atoms with Crippen LogP contribution in [0, 0.1) is 0 Å². The molecule has 0 spiro atoms. The third-order valence-electron chi connectivity index (χ3n) is 4.03. The van der Waals surface area contributed by atoms with Gasteiger partial charge < -0.3 is 15.0 Å². The average molecular weight is 338 g/mol. The van der Waals surface area contributed by atoms with E-state index in [1.807, 2.05) is 13.0 Å².